The quantitative estimate of drug-likeness (QED) is 0.930. The molecule has 1 heterocycles. The van der Waals surface area contributed by atoms with Gasteiger partial charge in [-0.25, -0.2) is 4.98 Å². The van der Waals surface area contributed by atoms with E-state index in [0.29, 0.717) is 12.5 Å². The number of rotatable bonds is 3. The van der Waals surface area contributed by atoms with Crippen LogP contribution in [0.3, 0.4) is 0 Å². The molecule has 3 nitrogen and oxygen atoms in total. The van der Waals surface area contributed by atoms with Gasteiger partial charge in [0.05, 0.1) is 10.2 Å². The lowest BCUT2D eigenvalue weighted by atomic mass is 10.4. The molecule has 0 aliphatic rings. The molecule has 0 aliphatic carbocycles. The van der Waals surface area contributed by atoms with Crippen molar-refractivity contribution < 1.29 is 4.74 Å². The summed E-state index contributed by atoms with van der Waals surface area (Å²) in [4.78, 5) is 4.27. The molecule has 78 valence electrons. The Hall–Kier alpha value is -0.130. The first-order valence-corrected chi connectivity index (χ1v) is 5.80. The molecule has 0 saturated carbocycles. The normalized spacial score (nSPS) is 12.6. The fraction of sp³-hybridized carbons (Fsp3) is 0.444. The molecule has 0 spiro atoms. The third-order valence-corrected chi connectivity index (χ3v) is 2.93. The highest BCUT2D eigenvalue weighted by Gasteiger charge is 2.07. The molecule has 2 N–H and O–H groups in total. The average Bonchev–Trinajstić information content (AvgIpc) is 2.09. The standard InChI is InChI=1S/C9H12Br2N2O/c1-5(12)4-14-9-8(11)3-7(10)6(2)13-9/h3,5H,4,12H2,1-2H3/t5-/m0/s1. The minimum Gasteiger partial charge on any atom is -0.475 e. The molecular formula is C9H12Br2N2O. The second-order valence-electron chi connectivity index (χ2n) is 3.13. The van der Waals surface area contributed by atoms with Crippen LogP contribution >= 0.6 is 31.9 Å². The summed E-state index contributed by atoms with van der Waals surface area (Å²) in [6, 6.07) is 1.92. The lowest BCUT2D eigenvalue weighted by Crippen LogP contribution is -2.24. The van der Waals surface area contributed by atoms with E-state index >= 15 is 0 Å². The second kappa shape index (κ2) is 5.09. The third-order valence-electron chi connectivity index (χ3n) is 1.56. The van der Waals surface area contributed by atoms with Crippen LogP contribution in [-0.2, 0) is 0 Å². The average molecular weight is 324 g/mol. The van der Waals surface area contributed by atoms with Crippen molar-refractivity contribution in [3.05, 3.63) is 20.7 Å². The van der Waals surface area contributed by atoms with Gasteiger partial charge in [0.1, 0.15) is 6.61 Å². The van der Waals surface area contributed by atoms with Gasteiger partial charge in [0, 0.05) is 10.5 Å². The molecule has 0 bridgehead atoms. The number of halogens is 2. The van der Waals surface area contributed by atoms with Crippen molar-refractivity contribution in [2.24, 2.45) is 5.73 Å². The van der Waals surface area contributed by atoms with Crippen molar-refractivity contribution in [1.29, 1.82) is 0 Å². The van der Waals surface area contributed by atoms with Gasteiger partial charge in [-0.1, -0.05) is 0 Å². The largest absolute Gasteiger partial charge is 0.475 e. The molecule has 0 fully saturated rings. The molecule has 0 aromatic carbocycles. The summed E-state index contributed by atoms with van der Waals surface area (Å²) in [6.07, 6.45) is 0. The first kappa shape index (κ1) is 11.9. The summed E-state index contributed by atoms with van der Waals surface area (Å²) < 4.78 is 7.22. The highest BCUT2D eigenvalue weighted by Crippen LogP contribution is 2.27. The maximum Gasteiger partial charge on any atom is 0.228 e. The molecule has 0 unspecified atom stereocenters. The van der Waals surface area contributed by atoms with Crippen molar-refractivity contribution in [1.82, 2.24) is 4.98 Å². The van der Waals surface area contributed by atoms with Crippen LogP contribution < -0.4 is 10.5 Å². The summed E-state index contributed by atoms with van der Waals surface area (Å²) in [5, 5.41) is 0. The molecule has 1 atom stereocenters. The van der Waals surface area contributed by atoms with E-state index in [1.807, 2.05) is 19.9 Å². The Balaban J connectivity index is 2.82. The van der Waals surface area contributed by atoms with Crippen LogP contribution in [0.15, 0.2) is 15.0 Å². The summed E-state index contributed by atoms with van der Waals surface area (Å²) in [5.74, 6) is 0.586. The van der Waals surface area contributed by atoms with Crippen LogP contribution in [0.1, 0.15) is 12.6 Å². The first-order chi connectivity index (χ1) is 6.50. The van der Waals surface area contributed by atoms with E-state index in [9.17, 15) is 0 Å². The minimum absolute atomic E-state index is 0.00709. The minimum atomic E-state index is 0.00709. The van der Waals surface area contributed by atoms with Gasteiger partial charge in [-0.3, -0.25) is 0 Å². The van der Waals surface area contributed by atoms with Crippen molar-refractivity contribution in [2.75, 3.05) is 6.61 Å². The zero-order valence-electron chi connectivity index (χ0n) is 8.05. The number of hydrogen-bond acceptors (Lipinski definition) is 3. The number of ether oxygens (including phenoxy) is 1. The molecule has 0 radical (unpaired) electrons. The Labute approximate surface area is 100 Å². The summed E-state index contributed by atoms with van der Waals surface area (Å²) in [7, 11) is 0. The topological polar surface area (TPSA) is 48.1 Å². The van der Waals surface area contributed by atoms with Crippen LogP contribution in [-0.4, -0.2) is 17.6 Å². The number of aromatic nitrogens is 1. The Bertz CT molecular complexity index is 329. The number of nitrogens with two attached hydrogens (primary N) is 1. The maximum atomic E-state index is 5.58. The molecule has 1 rings (SSSR count). The van der Waals surface area contributed by atoms with E-state index in [1.54, 1.807) is 0 Å². The molecule has 1 aromatic heterocycles. The van der Waals surface area contributed by atoms with Crippen molar-refractivity contribution in [3.8, 4) is 5.88 Å². The molecule has 5 heteroatoms. The van der Waals surface area contributed by atoms with Crippen LogP contribution in [0.25, 0.3) is 0 Å². The molecule has 0 amide bonds. The van der Waals surface area contributed by atoms with Crippen molar-refractivity contribution >= 4 is 31.9 Å². The Morgan fingerprint density at radius 1 is 1.50 bits per heavy atom. The van der Waals surface area contributed by atoms with Gasteiger partial charge in [-0.2, -0.15) is 0 Å². The number of aryl methyl sites for hydroxylation is 1. The van der Waals surface area contributed by atoms with E-state index in [0.717, 1.165) is 14.6 Å². The summed E-state index contributed by atoms with van der Waals surface area (Å²) in [6.45, 7) is 4.27. The van der Waals surface area contributed by atoms with E-state index < -0.39 is 0 Å². The smallest absolute Gasteiger partial charge is 0.228 e. The molecule has 14 heavy (non-hydrogen) atoms. The van der Waals surface area contributed by atoms with Gasteiger partial charge >= 0.3 is 0 Å². The van der Waals surface area contributed by atoms with Gasteiger partial charge in [-0.05, 0) is 51.8 Å². The Morgan fingerprint density at radius 3 is 2.71 bits per heavy atom. The van der Waals surface area contributed by atoms with Gasteiger partial charge in [0.25, 0.3) is 0 Å². The number of pyridine rings is 1. The molecule has 0 saturated heterocycles. The highest BCUT2D eigenvalue weighted by atomic mass is 79.9. The van der Waals surface area contributed by atoms with E-state index in [-0.39, 0.29) is 6.04 Å². The van der Waals surface area contributed by atoms with Gasteiger partial charge < -0.3 is 10.5 Å². The van der Waals surface area contributed by atoms with Gasteiger partial charge in [-0.15, -0.1) is 0 Å². The Kier molecular flexibility index (Phi) is 4.34. The van der Waals surface area contributed by atoms with Crippen molar-refractivity contribution in [2.45, 2.75) is 19.9 Å². The van der Waals surface area contributed by atoms with Gasteiger partial charge in [0.15, 0.2) is 0 Å². The van der Waals surface area contributed by atoms with Crippen LogP contribution in [0, 0.1) is 6.92 Å². The lowest BCUT2D eigenvalue weighted by molar-refractivity contribution is 0.283. The lowest BCUT2D eigenvalue weighted by Gasteiger charge is -2.10. The zero-order chi connectivity index (χ0) is 10.7. The maximum absolute atomic E-state index is 5.58. The molecule has 0 aliphatic heterocycles. The monoisotopic (exact) mass is 322 g/mol. The van der Waals surface area contributed by atoms with Crippen LogP contribution in [0.2, 0.25) is 0 Å². The van der Waals surface area contributed by atoms with Crippen LogP contribution in [0.4, 0.5) is 0 Å². The van der Waals surface area contributed by atoms with E-state index in [4.69, 9.17) is 10.5 Å². The number of nitrogens with zero attached hydrogens (tertiary/aromatic N) is 1. The van der Waals surface area contributed by atoms with Crippen molar-refractivity contribution in [3.63, 3.8) is 0 Å². The number of hydrogen-bond donors (Lipinski definition) is 1. The highest BCUT2D eigenvalue weighted by molar-refractivity contribution is 9.11. The third kappa shape index (κ3) is 3.22. The molecule has 1 aromatic rings. The fourth-order valence-corrected chi connectivity index (χ4v) is 1.90. The first-order valence-electron chi connectivity index (χ1n) is 4.21. The predicted octanol–water partition coefficient (Wildman–Crippen LogP) is 2.64. The summed E-state index contributed by atoms with van der Waals surface area (Å²) >= 11 is 6.76. The molecular weight excluding hydrogens is 312 g/mol. The second-order valence-corrected chi connectivity index (χ2v) is 4.84. The fourth-order valence-electron chi connectivity index (χ4n) is 0.848. The Morgan fingerprint density at radius 2 is 2.14 bits per heavy atom. The van der Waals surface area contributed by atoms with E-state index in [2.05, 4.69) is 36.8 Å². The van der Waals surface area contributed by atoms with Gasteiger partial charge in [0.2, 0.25) is 5.88 Å². The van der Waals surface area contributed by atoms with Crippen LogP contribution in [0.5, 0.6) is 5.88 Å². The van der Waals surface area contributed by atoms with E-state index in [1.165, 1.54) is 0 Å². The zero-order valence-corrected chi connectivity index (χ0v) is 11.2. The predicted molar refractivity (Wildman–Crippen MR) is 63.5 cm³/mol. The summed E-state index contributed by atoms with van der Waals surface area (Å²) in [5.41, 5.74) is 6.48. The SMILES string of the molecule is Cc1nc(OC[C@H](C)N)c(Br)cc1Br.